The first-order valence-electron chi connectivity index (χ1n) is 11.1. The number of carbonyl (C=O) groups excluding carboxylic acids is 2. The number of ketones is 1. The van der Waals surface area contributed by atoms with Crippen molar-refractivity contribution >= 4 is 11.7 Å². The highest BCUT2D eigenvalue weighted by molar-refractivity contribution is 5.99. The number of piperidine rings is 1. The lowest BCUT2D eigenvalue weighted by Gasteiger charge is -2.31. The summed E-state index contributed by atoms with van der Waals surface area (Å²) in [5.74, 6) is 2.40. The van der Waals surface area contributed by atoms with Crippen LogP contribution in [-0.4, -0.2) is 56.6 Å². The molecule has 2 aliphatic heterocycles. The van der Waals surface area contributed by atoms with Crippen LogP contribution in [0.3, 0.4) is 0 Å². The molecule has 2 aromatic carbocycles. The van der Waals surface area contributed by atoms with Gasteiger partial charge in [0.15, 0.2) is 28.8 Å². The minimum Gasteiger partial charge on any atom is -0.493 e. The van der Waals surface area contributed by atoms with Crippen LogP contribution in [0, 0.1) is 5.92 Å². The first-order valence-corrected chi connectivity index (χ1v) is 11.1. The maximum Gasteiger partial charge on any atom is 0.253 e. The number of ether oxygens (including phenoxy) is 4. The number of fused-ring (bicyclic) bond motifs is 1. The van der Waals surface area contributed by atoms with Crippen LogP contribution in [0.4, 0.5) is 0 Å². The van der Waals surface area contributed by atoms with Crippen molar-refractivity contribution in [1.82, 2.24) is 4.90 Å². The standard InChI is InChI=1S/C25H29NO6/c1-3-12-30-20-7-5-19(16-22(20)29-2)25(28)26-10-8-17(9-11-26)24(27)18-4-6-21-23(15-18)32-14-13-31-21/h4-7,15-17H,3,8-14H2,1-2H3. The SMILES string of the molecule is CCCOc1ccc(C(=O)N2CCC(C(=O)c3ccc4c(c3)OCCO4)CC2)cc1OC. The number of Topliss-reactive ketones (excluding diaryl/α,β-unsaturated/α-hetero) is 1. The van der Waals surface area contributed by atoms with Crippen molar-refractivity contribution in [3.8, 4) is 23.0 Å². The van der Waals surface area contributed by atoms with Crippen molar-refractivity contribution in [2.24, 2.45) is 5.92 Å². The van der Waals surface area contributed by atoms with Gasteiger partial charge in [-0.1, -0.05) is 6.92 Å². The Labute approximate surface area is 188 Å². The van der Waals surface area contributed by atoms with Crippen LogP contribution in [0.1, 0.15) is 46.9 Å². The van der Waals surface area contributed by atoms with Gasteiger partial charge in [-0.05, 0) is 55.7 Å². The van der Waals surface area contributed by atoms with E-state index in [0.29, 0.717) is 79.9 Å². The predicted octanol–water partition coefficient (Wildman–Crippen LogP) is 3.99. The molecular formula is C25H29NO6. The second-order valence-corrected chi connectivity index (χ2v) is 8.00. The monoisotopic (exact) mass is 439 g/mol. The second-order valence-electron chi connectivity index (χ2n) is 8.00. The average Bonchev–Trinajstić information content (AvgIpc) is 2.86. The van der Waals surface area contributed by atoms with Gasteiger partial charge in [-0.15, -0.1) is 0 Å². The number of carbonyl (C=O) groups is 2. The van der Waals surface area contributed by atoms with Crippen molar-refractivity contribution in [2.75, 3.05) is 40.0 Å². The highest BCUT2D eigenvalue weighted by Gasteiger charge is 2.29. The molecule has 0 spiro atoms. The van der Waals surface area contributed by atoms with E-state index in [1.54, 1.807) is 48.4 Å². The van der Waals surface area contributed by atoms with E-state index in [4.69, 9.17) is 18.9 Å². The summed E-state index contributed by atoms with van der Waals surface area (Å²) < 4.78 is 22.2. The zero-order valence-electron chi connectivity index (χ0n) is 18.6. The summed E-state index contributed by atoms with van der Waals surface area (Å²) in [5.41, 5.74) is 1.19. The molecule has 1 fully saturated rings. The number of likely N-dealkylation sites (tertiary alicyclic amines) is 1. The van der Waals surface area contributed by atoms with Gasteiger partial charge in [-0.25, -0.2) is 0 Å². The van der Waals surface area contributed by atoms with Crippen LogP contribution in [-0.2, 0) is 0 Å². The van der Waals surface area contributed by atoms with Crippen molar-refractivity contribution in [3.63, 3.8) is 0 Å². The molecule has 0 atom stereocenters. The third-order valence-electron chi connectivity index (χ3n) is 5.85. The van der Waals surface area contributed by atoms with Crippen molar-refractivity contribution in [2.45, 2.75) is 26.2 Å². The lowest BCUT2D eigenvalue weighted by atomic mass is 9.88. The highest BCUT2D eigenvalue weighted by atomic mass is 16.6. The molecule has 1 amide bonds. The lowest BCUT2D eigenvalue weighted by molar-refractivity contribution is 0.0650. The Morgan fingerprint density at radius 1 is 0.969 bits per heavy atom. The van der Waals surface area contributed by atoms with Gasteiger partial charge in [0.25, 0.3) is 5.91 Å². The summed E-state index contributed by atoms with van der Waals surface area (Å²) in [7, 11) is 1.57. The molecule has 170 valence electrons. The maximum atomic E-state index is 13.0. The number of amides is 1. The minimum atomic E-state index is -0.110. The number of hydrogen-bond donors (Lipinski definition) is 0. The Bertz CT molecular complexity index is 980. The van der Waals surface area contributed by atoms with E-state index < -0.39 is 0 Å². The Balaban J connectivity index is 1.38. The zero-order valence-corrected chi connectivity index (χ0v) is 18.6. The summed E-state index contributed by atoms with van der Waals surface area (Å²) in [6.07, 6.45) is 2.16. The van der Waals surface area contributed by atoms with Crippen molar-refractivity contribution < 1.29 is 28.5 Å². The quantitative estimate of drug-likeness (QED) is 0.608. The molecule has 4 rings (SSSR count). The van der Waals surface area contributed by atoms with Gasteiger partial charge in [-0.3, -0.25) is 9.59 Å². The second kappa shape index (κ2) is 9.94. The fourth-order valence-corrected chi connectivity index (χ4v) is 4.09. The van der Waals surface area contributed by atoms with E-state index in [2.05, 4.69) is 0 Å². The summed E-state index contributed by atoms with van der Waals surface area (Å²) in [4.78, 5) is 27.8. The molecule has 2 heterocycles. The molecule has 2 aliphatic rings. The van der Waals surface area contributed by atoms with E-state index in [1.165, 1.54) is 0 Å². The molecule has 0 saturated carbocycles. The number of rotatable bonds is 7. The summed E-state index contributed by atoms with van der Waals surface area (Å²) in [6, 6.07) is 10.6. The Hall–Kier alpha value is -3.22. The van der Waals surface area contributed by atoms with Gasteiger partial charge in [0, 0.05) is 30.1 Å². The minimum absolute atomic E-state index is 0.0597. The van der Waals surface area contributed by atoms with Crippen LogP contribution in [0.2, 0.25) is 0 Å². The van der Waals surface area contributed by atoms with Crippen molar-refractivity contribution in [1.29, 1.82) is 0 Å². The normalized spacial score (nSPS) is 15.9. The number of methoxy groups -OCH3 is 1. The molecule has 2 aromatic rings. The van der Waals surface area contributed by atoms with E-state index in [0.717, 1.165) is 6.42 Å². The van der Waals surface area contributed by atoms with Crippen LogP contribution in [0.15, 0.2) is 36.4 Å². The number of benzene rings is 2. The first-order chi connectivity index (χ1) is 15.6. The Morgan fingerprint density at radius 3 is 2.41 bits per heavy atom. The third kappa shape index (κ3) is 4.66. The molecule has 0 unspecified atom stereocenters. The number of nitrogens with zero attached hydrogens (tertiary/aromatic N) is 1. The average molecular weight is 440 g/mol. The Kier molecular flexibility index (Phi) is 6.83. The van der Waals surface area contributed by atoms with E-state index in [-0.39, 0.29) is 17.6 Å². The summed E-state index contributed by atoms with van der Waals surface area (Å²) in [5, 5.41) is 0. The van der Waals surface area contributed by atoms with Gasteiger partial charge in [0.1, 0.15) is 13.2 Å². The van der Waals surface area contributed by atoms with Gasteiger partial charge < -0.3 is 23.8 Å². The van der Waals surface area contributed by atoms with Gasteiger partial charge in [-0.2, -0.15) is 0 Å². The lowest BCUT2D eigenvalue weighted by Crippen LogP contribution is -2.40. The zero-order chi connectivity index (χ0) is 22.5. The smallest absolute Gasteiger partial charge is 0.253 e. The van der Waals surface area contributed by atoms with E-state index in [9.17, 15) is 9.59 Å². The molecule has 1 saturated heterocycles. The molecule has 0 radical (unpaired) electrons. The third-order valence-corrected chi connectivity index (χ3v) is 5.85. The number of hydrogen-bond acceptors (Lipinski definition) is 6. The Morgan fingerprint density at radius 2 is 1.69 bits per heavy atom. The van der Waals surface area contributed by atoms with E-state index in [1.807, 2.05) is 6.92 Å². The molecule has 32 heavy (non-hydrogen) atoms. The first kappa shape index (κ1) is 22.0. The van der Waals surface area contributed by atoms with Crippen LogP contribution in [0.5, 0.6) is 23.0 Å². The van der Waals surface area contributed by atoms with Crippen LogP contribution >= 0.6 is 0 Å². The maximum absolute atomic E-state index is 13.0. The van der Waals surface area contributed by atoms with Crippen LogP contribution in [0.25, 0.3) is 0 Å². The van der Waals surface area contributed by atoms with Gasteiger partial charge in [0.05, 0.1) is 13.7 Å². The molecule has 7 nitrogen and oxygen atoms in total. The summed E-state index contributed by atoms with van der Waals surface area (Å²) >= 11 is 0. The molecular weight excluding hydrogens is 410 g/mol. The molecule has 0 aromatic heterocycles. The largest absolute Gasteiger partial charge is 0.493 e. The molecule has 0 N–H and O–H groups in total. The van der Waals surface area contributed by atoms with Crippen molar-refractivity contribution in [3.05, 3.63) is 47.5 Å². The molecule has 7 heteroatoms. The van der Waals surface area contributed by atoms with E-state index >= 15 is 0 Å². The van der Waals surface area contributed by atoms with Gasteiger partial charge in [0.2, 0.25) is 0 Å². The summed E-state index contributed by atoms with van der Waals surface area (Å²) in [6.45, 7) is 4.71. The van der Waals surface area contributed by atoms with Gasteiger partial charge >= 0.3 is 0 Å². The predicted molar refractivity (Wildman–Crippen MR) is 119 cm³/mol. The molecule has 0 bridgehead atoms. The van der Waals surface area contributed by atoms with Crippen LogP contribution < -0.4 is 18.9 Å². The highest BCUT2D eigenvalue weighted by Crippen LogP contribution is 2.33. The molecule has 0 aliphatic carbocycles. The fourth-order valence-electron chi connectivity index (χ4n) is 4.09. The topological polar surface area (TPSA) is 74.3 Å². The fraction of sp³-hybridized carbons (Fsp3) is 0.440.